The van der Waals surface area contributed by atoms with Crippen LogP contribution in [-0.2, 0) is 7.05 Å². The summed E-state index contributed by atoms with van der Waals surface area (Å²) < 4.78 is 1.67. The lowest BCUT2D eigenvalue weighted by molar-refractivity contribution is 0.102. The molecule has 2 aromatic rings. The molecule has 0 amide bonds. The van der Waals surface area contributed by atoms with Gasteiger partial charge in [0.25, 0.3) is 0 Å². The van der Waals surface area contributed by atoms with Crippen molar-refractivity contribution in [3.8, 4) is 0 Å². The first kappa shape index (κ1) is 12.8. The van der Waals surface area contributed by atoms with Gasteiger partial charge in [0.05, 0.1) is 5.75 Å². The summed E-state index contributed by atoms with van der Waals surface area (Å²) in [4.78, 5) is 16.2. The van der Waals surface area contributed by atoms with Gasteiger partial charge >= 0.3 is 0 Å². The second-order valence-electron chi connectivity index (χ2n) is 4.20. The van der Waals surface area contributed by atoms with Crippen molar-refractivity contribution in [1.82, 2.24) is 14.8 Å². The van der Waals surface area contributed by atoms with Crippen LogP contribution in [-0.4, -0.2) is 26.3 Å². The average Bonchev–Trinajstić information content (AvgIpc) is 2.75. The zero-order valence-electron chi connectivity index (χ0n) is 10.7. The number of hydrogen-bond acceptors (Lipinski definition) is 4. The van der Waals surface area contributed by atoms with Gasteiger partial charge in [-0.25, -0.2) is 9.67 Å². The second kappa shape index (κ2) is 5.35. The Hall–Kier alpha value is -1.62. The number of aryl methyl sites for hydroxylation is 3. The lowest BCUT2D eigenvalue weighted by Crippen LogP contribution is -2.06. The first-order valence-corrected chi connectivity index (χ1v) is 6.63. The molecule has 0 radical (unpaired) electrons. The van der Waals surface area contributed by atoms with Crippen molar-refractivity contribution in [2.75, 3.05) is 5.75 Å². The molecule has 0 N–H and O–H groups in total. The molecule has 0 aliphatic carbocycles. The van der Waals surface area contributed by atoms with Gasteiger partial charge in [-0.05, 0) is 25.5 Å². The first-order valence-electron chi connectivity index (χ1n) is 5.65. The van der Waals surface area contributed by atoms with Gasteiger partial charge in [0.15, 0.2) is 10.9 Å². The smallest absolute Gasteiger partial charge is 0.186 e. The molecule has 0 atom stereocenters. The van der Waals surface area contributed by atoms with Gasteiger partial charge in [0.2, 0.25) is 0 Å². The minimum Gasteiger partial charge on any atom is -0.293 e. The van der Waals surface area contributed by atoms with Gasteiger partial charge in [0.1, 0.15) is 6.33 Å². The van der Waals surface area contributed by atoms with Crippen molar-refractivity contribution in [2.24, 2.45) is 7.05 Å². The molecule has 2 rings (SSSR count). The topological polar surface area (TPSA) is 47.8 Å². The molecule has 0 saturated carbocycles. The van der Waals surface area contributed by atoms with Gasteiger partial charge < -0.3 is 0 Å². The van der Waals surface area contributed by atoms with Crippen LogP contribution in [0.3, 0.4) is 0 Å². The molecule has 1 heterocycles. The van der Waals surface area contributed by atoms with Gasteiger partial charge in [0, 0.05) is 12.6 Å². The number of thioether (sulfide) groups is 1. The summed E-state index contributed by atoms with van der Waals surface area (Å²) in [6.07, 6.45) is 1.49. The third-order valence-corrected chi connectivity index (χ3v) is 3.73. The van der Waals surface area contributed by atoms with E-state index in [4.69, 9.17) is 0 Å². The van der Waals surface area contributed by atoms with Crippen LogP contribution in [0.15, 0.2) is 29.7 Å². The summed E-state index contributed by atoms with van der Waals surface area (Å²) >= 11 is 1.41. The summed E-state index contributed by atoms with van der Waals surface area (Å²) in [5.74, 6) is 0.515. The predicted octanol–water partition coefficient (Wildman–Crippen LogP) is 2.41. The molecule has 0 saturated heterocycles. The number of carbonyl (C=O) groups excluding carboxylic acids is 1. The number of Topliss-reactive ketones (excluding diaryl/α,β-unsaturated/α-hetero) is 1. The monoisotopic (exact) mass is 261 g/mol. The van der Waals surface area contributed by atoms with Crippen LogP contribution in [0, 0.1) is 13.8 Å². The SMILES string of the molecule is Cc1ccc(C)c(C(=O)CSc2ncnn2C)c1. The molecule has 0 aliphatic heterocycles. The highest BCUT2D eigenvalue weighted by Gasteiger charge is 2.11. The maximum absolute atomic E-state index is 12.1. The van der Waals surface area contributed by atoms with Crippen LogP contribution in [0.2, 0.25) is 0 Å². The molecule has 1 aromatic carbocycles. The van der Waals surface area contributed by atoms with E-state index in [1.165, 1.54) is 18.1 Å². The Labute approximate surface area is 110 Å². The van der Waals surface area contributed by atoms with Crippen LogP contribution in [0.4, 0.5) is 0 Å². The van der Waals surface area contributed by atoms with Crippen LogP contribution in [0.25, 0.3) is 0 Å². The Balaban J connectivity index is 2.08. The fourth-order valence-corrected chi connectivity index (χ4v) is 2.43. The van der Waals surface area contributed by atoms with E-state index in [0.717, 1.165) is 21.8 Å². The molecule has 94 valence electrons. The highest BCUT2D eigenvalue weighted by Crippen LogP contribution is 2.18. The number of hydrogen-bond donors (Lipinski definition) is 0. The number of benzene rings is 1. The second-order valence-corrected chi connectivity index (χ2v) is 5.14. The largest absolute Gasteiger partial charge is 0.293 e. The van der Waals surface area contributed by atoms with E-state index in [1.807, 2.05) is 39.1 Å². The Morgan fingerprint density at radius 3 is 2.83 bits per heavy atom. The van der Waals surface area contributed by atoms with E-state index in [2.05, 4.69) is 10.1 Å². The highest BCUT2D eigenvalue weighted by atomic mass is 32.2. The Morgan fingerprint density at radius 1 is 1.39 bits per heavy atom. The van der Waals surface area contributed by atoms with E-state index >= 15 is 0 Å². The van der Waals surface area contributed by atoms with E-state index in [9.17, 15) is 4.79 Å². The third-order valence-electron chi connectivity index (χ3n) is 2.70. The van der Waals surface area contributed by atoms with Crippen LogP contribution in [0.1, 0.15) is 21.5 Å². The normalized spacial score (nSPS) is 10.6. The zero-order chi connectivity index (χ0) is 13.1. The summed E-state index contributed by atoms with van der Waals surface area (Å²) in [5, 5.41) is 4.73. The minimum absolute atomic E-state index is 0.129. The Kier molecular flexibility index (Phi) is 3.81. The molecular weight excluding hydrogens is 246 g/mol. The molecule has 0 spiro atoms. The lowest BCUT2D eigenvalue weighted by Gasteiger charge is -2.05. The summed E-state index contributed by atoms with van der Waals surface area (Å²) in [7, 11) is 1.82. The fourth-order valence-electron chi connectivity index (χ4n) is 1.66. The average molecular weight is 261 g/mol. The first-order chi connectivity index (χ1) is 8.58. The number of aromatic nitrogens is 3. The minimum atomic E-state index is 0.129. The number of nitrogens with zero attached hydrogens (tertiary/aromatic N) is 3. The van der Waals surface area contributed by atoms with Crippen molar-refractivity contribution >= 4 is 17.5 Å². The Morgan fingerprint density at radius 2 is 2.17 bits per heavy atom. The summed E-state index contributed by atoms with van der Waals surface area (Å²) in [6.45, 7) is 3.95. The van der Waals surface area contributed by atoms with Crippen LogP contribution >= 0.6 is 11.8 Å². The standard InChI is InChI=1S/C13H15N3OS/c1-9-4-5-10(2)11(6-9)12(17)7-18-13-14-8-15-16(13)3/h4-6,8H,7H2,1-3H3. The molecule has 0 bridgehead atoms. The van der Waals surface area contributed by atoms with Crippen LogP contribution in [0.5, 0.6) is 0 Å². The van der Waals surface area contributed by atoms with Gasteiger partial charge in [-0.3, -0.25) is 4.79 Å². The van der Waals surface area contributed by atoms with Gasteiger partial charge in [-0.15, -0.1) is 0 Å². The van der Waals surface area contributed by atoms with E-state index in [-0.39, 0.29) is 5.78 Å². The van der Waals surface area contributed by atoms with Crippen molar-refractivity contribution < 1.29 is 4.79 Å². The maximum atomic E-state index is 12.1. The van der Waals surface area contributed by atoms with E-state index in [0.29, 0.717) is 5.75 Å². The number of ketones is 1. The zero-order valence-corrected chi connectivity index (χ0v) is 11.5. The summed E-state index contributed by atoms with van der Waals surface area (Å²) in [6, 6.07) is 5.94. The molecule has 0 aliphatic rings. The molecule has 0 fully saturated rings. The van der Waals surface area contributed by atoms with Gasteiger partial charge in [-0.2, -0.15) is 5.10 Å². The van der Waals surface area contributed by atoms with Crippen molar-refractivity contribution in [3.63, 3.8) is 0 Å². The number of rotatable bonds is 4. The van der Waals surface area contributed by atoms with E-state index < -0.39 is 0 Å². The van der Waals surface area contributed by atoms with Crippen molar-refractivity contribution in [1.29, 1.82) is 0 Å². The molecule has 4 nitrogen and oxygen atoms in total. The predicted molar refractivity (Wildman–Crippen MR) is 72.0 cm³/mol. The maximum Gasteiger partial charge on any atom is 0.186 e. The Bertz CT molecular complexity index is 577. The molecule has 1 aromatic heterocycles. The summed E-state index contributed by atoms with van der Waals surface area (Å²) in [5.41, 5.74) is 2.92. The lowest BCUT2D eigenvalue weighted by atomic mass is 10.0. The molecule has 5 heteroatoms. The van der Waals surface area contributed by atoms with Crippen molar-refractivity contribution in [3.05, 3.63) is 41.2 Å². The third kappa shape index (κ3) is 2.79. The molecule has 18 heavy (non-hydrogen) atoms. The number of carbonyl (C=O) groups is 1. The van der Waals surface area contributed by atoms with Gasteiger partial charge in [-0.1, -0.05) is 29.5 Å². The van der Waals surface area contributed by atoms with Crippen LogP contribution < -0.4 is 0 Å². The fraction of sp³-hybridized carbons (Fsp3) is 0.308. The van der Waals surface area contributed by atoms with E-state index in [1.54, 1.807) is 4.68 Å². The molecule has 0 unspecified atom stereocenters. The van der Waals surface area contributed by atoms with Crippen molar-refractivity contribution in [2.45, 2.75) is 19.0 Å². The highest BCUT2D eigenvalue weighted by molar-refractivity contribution is 7.99. The quantitative estimate of drug-likeness (QED) is 0.626. The molecular formula is C13H15N3OS.